The topological polar surface area (TPSA) is 59.8 Å². The molecule has 3 rings (SSSR count). The normalized spacial score (nSPS) is 10.8. The first-order valence-electron chi connectivity index (χ1n) is 8.96. The van der Waals surface area contributed by atoms with E-state index < -0.39 is 11.7 Å². The third kappa shape index (κ3) is 4.99. The number of thioether (sulfide) groups is 1. The van der Waals surface area contributed by atoms with Crippen LogP contribution in [0.15, 0.2) is 58.2 Å². The molecule has 0 aliphatic heterocycles. The molecule has 1 N–H and O–H groups in total. The number of halogens is 2. The number of carbonyl (C=O) groups excluding carboxylic acids is 1. The first-order valence-corrected chi connectivity index (χ1v) is 10.7. The molecular formula is C20H20BrFN4OS. The molecule has 1 heterocycles. The molecule has 0 unspecified atom stereocenters. The fourth-order valence-electron chi connectivity index (χ4n) is 2.57. The van der Waals surface area contributed by atoms with E-state index in [1.807, 2.05) is 28.8 Å². The second-order valence-corrected chi connectivity index (χ2v) is 8.05. The Hall–Kier alpha value is -2.19. The summed E-state index contributed by atoms with van der Waals surface area (Å²) in [6.45, 7) is 2.29. The number of nitrogens with zero attached hydrogens (tertiary/aromatic N) is 3. The summed E-state index contributed by atoms with van der Waals surface area (Å²) in [6, 6.07) is 13.7. The van der Waals surface area contributed by atoms with Gasteiger partial charge in [-0.3, -0.25) is 9.36 Å². The molecule has 1 aromatic heterocycles. The Bertz CT molecular complexity index is 946. The Morgan fingerprint density at radius 1 is 1.18 bits per heavy atom. The highest BCUT2D eigenvalue weighted by Crippen LogP contribution is 2.24. The number of unbranched alkanes of at least 4 members (excludes halogenated alkanes) is 1. The van der Waals surface area contributed by atoms with Gasteiger partial charge in [-0.15, -0.1) is 10.2 Å². The predicted molar refractivity (Wildman–Crippen MR) is 112 cm³/mol. The third-order valence-corrected chi connectivity index (χ3v) is 5.58. The second kappa shape index (κ2) is 9.84. The molecule has 0 saturated heterocycles. The van der Waals surface area contributed by atoms with E-state index in [9.17, 15) is 9.18 Å². The zero-order chi connectivity index (χ0) is 19.9. The number of hydrogen-bond donors (Lipinski definition) is 1. The molecule has 0 atom stereocenters. The van der Waals surface area contributed by atoms with Gasteiger partial charge >= 0.3 is 0 Å². The average molecular weight is 463 g/mol. The van der Waals surface area contributed by atoms with Gasteiger partial charge in [-0.1, -0.05) is 53.2 Å². The molecule has 0 fully saturated rings. The minimum atomic E-state index is -0.551. The lowest BCUT2D eigenvalue weighted by Gasteiger charge is -2.11. The molecule has 0 aliphatic carbocycles. The van der Waals surface area contributed by atoms with Gasteiger partial charge in [0.25, 0.3) is 5.91 Å². The standard InChI is InChI=1S/C20H20BrFN4OS/c1-2-3-12-28-20-25-24-18(26(20)15-10-8-14(21)9-11-15)13-23-19(27)16-6-4-5-7-17(16)22/h4-11H,2-3,12-13H2,1H3,(H,23,27). The zero-order valence-electron chi connectivity index (χ0n) is 15.4. The molecular weight excluding hydrogens is 443 g/mol. The van der Waals surface area contributed by atoms with Gasteiger partial charge in [0.15, 0.2) is 11.0 Å². The van der Waals surface area contributed by atoms with Crippen molar-refractivity contribution < 1.29 is 9.18 Å². The first kappa shape index (κ1) is 20.5. The molecule has 1 amide bonds. The van der Waals surface area contributed by atoms with E-state index in [4.69, 9.17) is 0 Å². The van der Waals surface area contributed by atoms with Crippen LogP contribution in [-0.4, -0.2) is 26.4 Å². The van der Waals surface area contributed by atoms with Crippen LogP contribution in [0.2, 0.25) is 0 Å². The van der Waals surface area contributed by atoms with Crippen molar-refractivity contribution in [2.45, 2.75) is 31.5 Å². The van der Waals surface area contributed by atoms with Crippen molar-refractivity contribution in [3.63, 3.8) is 0 Å². The predicted octanol–water partition coefficient (Wildman–Crippen LogP) is 4.99. The first-order chi connectivity index (χ1) is 13.6. The van der Waals surface area contributed by atoms with Gasteiger partial charge in [-0.05, 0) is 42.8 Å². The molecule has 0 saturated carbocycles. The largest absolute Gasteiger partial charge is 0.345 e. The molecule has 2 aromatic carbocycles. The van der Waals surface area contributed by atoms with Crippen LogP contribution in [0.4, 0.5) is 4.39 Å². The molecule has 146 valence electrons. The van der Waals surface area contributed by atoms with Gasteiger partial charge in [0, 0.05) is 15.9 Å². The molecule has 0 spiro atoms. The van der Waals surface area contributed by atoms with Crippen LogP contribution in [0.25, 0.3) is 5.69 Å². The van der Waals surface area contributed by atoms with Gasteiger partial charge in [0.05, 0.1) is 12.1 Å². The van der Waals surface area contributed by atoms with Gasteiger partial charge in [0.2, 0.25) is 0 Å². The average Bonchev–Trinajstić information content (AvgIpc) is 3.10. The summed E-state index contributed by atoms with van der Waals surface area (Å²) >= 11 is 5.07. The van der Waals surface area contributed by atoms with Crippen molar-refractivity contribution in [1.29, 1.82) is 0 Å². The van der Waals surface area contributed by atoms with Crippen molar-refractivity contribution in [1.82, 2.24) is 20.1 Å². The maximum absolute atomic E-state index is 13.8. The van der Waals surface area contributed by atoms with E-state index in [-0.39, 0.29) is 12.1 Å². The Labute approximate surface area is 175 Å². The Morgan fingerprint density at radius 3 is 2.64 bits per heavy atom. The molecule has 0 bridgehead atoms. The second-order valence-electron chi connectivity index (χ2n) is 6.08. The Balaban J connectivity index is 1.82. The highest BCUT2D eigenvalue weighted by atomic mass is 79.9. The fourth-order valence-corrected chi connectivity index (χ4v) is 3.88. The smallest absolute Gasteiger partial charge is 0.254 e. The summed E-state index contributed by atoms with van der Waals surface area (Å²) in [4.78, 5) is 12.3. The van der Waals surface area contributed by atoms with E-state index in [1.54, 1.807) is 23.9 Å². The Kier molecular flexibility index (Phi) is 7.22. The molecule has 28 heavy (non-hydrogen) atoms. The van der Waals surface area contributed by atoms with Crippen molar-refractivity contribution in [3.05, 3.63) is 70.2 Å². The monoisotopic (exact) mass is 462 g/mol. The van der Waals surface area contributed by atoms with Gasteiger partial charge in [-0.25, -0.2) is 4.39 Å². The van der Waals surface area contributed by atoms with Crippen LogP contribution in [0.5, 0.6) is 0 Å². The number of rotatable bonds is 8. The van der Waals surface area contributed by atoms with Gasteiger partial charge < -0.3 is 5.32 Å². The summed E-state index contributed by atoms with van der Waals surface area (Å²) in [7, 11) is 0. The molecule has 3 aromatic rings. The van der Waals surface area contributed by atoms with E-state index in [0.717, 1.165) is 33.9 Å². The number of carbonyl (C=O) groups is 1. The van der Waals surface area contributed by atoms with Gasteiger partial charge in [-0.2, -0.15) is 0 Å². The van der Waals surface area contributed by atoms with Crippen molar-refractivity contribution in [2.24, 2.45) is 0 Å². The lowest BCUT2D eigenvalue weighted by atomic mass is 10.2. The summed E-state index contributed by atoms with van der Waals surface area (Å²) < 4.78 is 16.7. The number of amides is 1. The summed E-state index contributed by atoms with van der Waals surface area (Å²) in [5.41, 5.74) is 0.914. The van der Waals surface area contributed by atoms with Gasteiger partial charge in [0.1, 0.15) is 5.82 Å². The van der Waals surface area contributed by atoms with E-state index >= 15 is 0 Å². The van der Waals surface area contributed by atoms with E-state index in [2.05, 4.69) is 38.4 Å². The Morgan fingerprint density at radius 2 is 1.93 bits per heavy atom. The third-order valence-electron chi connectivity index (χ3n) is 4.04. The highest BCUT2D eigenvalue weighted by molar-refractivity contribution is 9.10. The van der Waals surface area contributed by atoms with Crippen LogP contribution < -0.4 is 5.32 Å². The van der Waals surface area contributed by atoms with Crippen molar-refractivity contribution >= 4 is 33.6 Å². The lowest BCUT2D eigenvalue weighted by molar-refractivity contribution is 0.0945. The van der Waals surface area contributed by atoms with Crippen molar-refractivity contribution in [2.75, 3.05) is 5.75 Å². The summed E-state index contributed by atoms with van der Waals surface area (Å²) in [5.74, 6) is 0.493. The summed E-state index contributed by atoms with van der Waals surface area (Å²) in [5, 5.41) is 12.1. The van der Waals surface area contributed by atoms with Crippen LogP contribution in [-0.2, 0) is 6.54 Å². The zero-order valence-corrected chi connectivity index (χ0v) is 17.8. The number of nitrogens with one attached hydrogen (secondary N) is 1. The summed E-state index contributed by atoms with van der Waals surface area (Å²) in [6.07, 6.45) is 2.18. The van der Waals surface area contributed by atoms with Crippen LogP contribution in [0.3, 0.4) is 0 Å². The van der Waals surface area contributed by atoms with E-state index in [1.165, 1.54) is 12.1 Å². The lowest BCUT2D eigenvalue weighted by Crippen LogP contribution is -2.25. The minimum Gasteiger partial charge on any atom is -0.345 e. The van der Waals surface area contributed by atoms with E-state index in [0.29, 0.717) is 5.82 Å². The number of benzene rings is 2. The maximum Gasteiger partial charge on any atom is 0.254 e. The SMILES string of the molecule is CCCCSc1nnc(CNC(=O)c2ccccc2F)n1-c1ccc(Br)cc1. The number of aromatic nitrogens is 3. The highest BCUT2D eigenvalue weighted by Gasteiger charge is 2.17. The van der Waals surface area contributed by atoms with Crippen LogP contribution >= 0.6 is 27.7 Å². The van der Waals surface area contributed by atoms with Crippen LogP contribution in [0.1, 0.15) is 35.9 Å². The fraction of sp³-hybridized carbons (Fsp3) is 0.250. The molecule has 0 aliphatic rings. The number of hydrogen-bond acceptors (Lipinski definition) is 4. The molecule has 0 radical (unpaired) electrons. The molecule has 5 nitrogen and oxygen atoms in total. The molecule has 8 heteroatoms. The quantitative estimate of drug-likeness (QED) is 0.378. The van der Waals surface area contributed by atoms with Crippen LogP contribution in [0, 0.1) is 5.82 Å². The maximum atomic E-state index is 13.8. The minimum absolute atomic E-state index is 0.00903. The van der Waals surface area contributed by atoms with Crippen molar-refractivity contribution in [3.8, 4) is 5.69 Å².